The van der Waals surface area contributed by atoms with Gasteiger partial charge in [0, 0.05) is 35.6 Å². The molecule has 0 rings (SSSR count). The van der Waals surface area contributed by atoms with E-state index in [1.54, 1.807) is 0 Å². The van der Waals surface area contributed by atoms with E-state index in [1.807, 2.05) is 0 Å². The van der Waals surface area contributed by atoms with Gasteiger partial charge in [0.05, 0.1) is 0 Å². The topological polar surface area (TPSA) is 58.7 Å². The summed E-state index contributed by atoms with van der Waals surface area (Å²) < 4.78 is 0. The van der Waals surface area contributed by atoms with Gasteiger partial charge >= 0.3 is 0 Å². The summed E-state index contributed by atoms with van der Waals surface area (Å²) in [6, 6.07) is 0. The molecule has 0 fully saturated rings. The Morgan fingerprint density at radius 2 is 1.25 bits per heavy atom. The Morgan fingerprint density at radius 1 is 1.25 bits per heavy atom. The molecule has 0 heterocycles. The molecule has 0 aliphatic heterocycles. The summed E-state index contributed by atoms with van der Waals surface area (Å²) in [7, 11) is 0. The molecule has 0 aromatic rings. The fourth-order valence-corrected chi connectivity index (χ4v) is 0. The Hall–Kier alpha value is 0.505. The van der Waals surface area contributed by atoms with E-state index in [4.69, 9.17) is 11.1 Å². The predicted molar refractivity (Wildman–Crippen MR) is 10.1 cm³/mol. The van der Waals surface area contributed by atoms with Gasteiger partial charge in [0.25, 0.3) is 0 Å². The Balaban J connectivity index is 0. The second-order valence-corrected chi connectivity index (χ2v) is 0.0894. The van der Waals surface area contributed by atoms with Crippen molar-refractivity contribution in [3.8, 4) is 0 Å². The van der Waals surface area contributed by atoms with E-state index in [0.717, 1.165) is 0 Å². The molecule has 0 aliphatic carbocycles. The zero-order valence-electron chi connectivity index (χ0n) is 1.92. The minimum absolute atomic E-state index is 0. The average Bonchev–Trinajstić information content (AvgIpc) is 0.918. The average molecular weight is 181 g/mol. The van der Waals surface area contributed by atoms with Crippen LogP contribution in [0, 0.1) is 35.6 Å². The molecule has 0 aromatic heterocycles. The first kappa shape index (κ1) is 8.82. The summed E-state index contributed by atoms with van der Waals surface area (Å²) in [4.78, 5) is 1.50. The maximum atomic E-state index is 6.75. The third-order valence-corrected chi connectivity index (χ3v) is 0. The van der Waals surface area contributed by atoms with Crippen LogP contribution >= 0.6 is 0 Å². The molecule has 0 atom stereocenters. The van der Waals surface area contributed by atoms with E-state index < -0.39 is 0 Å². The summed E-state index contributed by atoms with van der Waals surface area (Å²) >= 11 is 0. The van der Waals surface area contributed by atoms with Crippen molar-refractivity contribution in [1.82, 2.24) is 0 Å². The second kappa shape index (κ2) is 9.71. The fraction of sp³-hybridized carbons (Fsp3) is 0. The van der Waals surface area contributed by atoms with E-state index in [1.165, 1.54) is 4.91 Å². The minimum atomic E-state index is 0. The Bertz CT molecular complexity index is 24.3. The second-order valence-electron chi connectivity index (χ2n) is 0.0894. The molecule has 0 amide bonds. The number of hydrogen-bond donors (Lipinski definition) is 0. The van der Waals surface area contributed by atoms with E-state index >= 15 is 0 Å². The normalized spacial score (nSPS) is 2.00. The van der Waals surface area contributed by atoms with Crippen LogP contribution in [0.4, 0.5) is 0 Å². The van der Waals surface area contributed by atoms with E-state index in [0.29, 0.717) is 0 Å². The van der Waals surface area contributed by atoms with Crippen LogP contribution in [-0.2, 0) is 0 Å². The molecule has 0 aliphatic rings. The minimum Gasteiger partial charge on any atom is -0.373 e. The van der Waals surface area contributed by atoms with Gasteiger partial charge in [-0.15, -0.1) is 0 Å². The molecule has 0 bridgehead atoms. The molecule has 0 unspecified atom stereocenters. The third-order valence-electron chi connectivity index (χ3n) is 0. The Morgan fingerprint density at radius 3 is 1.25 bits per heavy atom. The zero-order valence-corrected chi connectivity index (χ0v) is 5.54. The van der Waals surface area contributed by atoms with Crippen molar-refractivity contribution in [2.75, 3.05) is 0 Å². The number of hydrogen-bond acceptors (Lipinski definition) is 0. The third kappa shape index (κ3) is 22.3. The largest absolute Gasteiger partial charge is 0.373 e. The Labute approximate surface area is 51.4 Å². The van der Waals surface area contributed by atoms with Gasteiger partial charge in [-0.1, -0.05) is 0 Å². The smallest absolute Gasteiger partial charge is 0 e. The van der Waals surface area contributed by atoms with E-state index in [2.05, 4.69) is 0 Å². The molecule has 0 N–H and O–H groups in total. The van der Waals surface area contributed by atoms with Gasteiger partial charge in [-0.05, 0) is 0 Å². The van der Waals surface area contributed by atoms with Crippen LogP contribution in [0.25, 0.3) is 16.0 Å². The van der Waals surface area contributed by atoms with Crippen molar-refractivity contribution >= 4 is 0 Å². The van der Waals surface area contributed by atoms with Gasteiger partial charge in [-0.3, -0.25) is 4.91 Å². The maximum Gasteiger partial charge on any atom is 0 e. The molecular formula is LaN3-. The molecule has 0 saturated carbocycles. The van der Waals surface area contributed by atoms with E-state index in [9.17, 15) is 0 Å². The van der Waals surface area contributed by atoms with Crippen molar-refractivity contribution in [3.63, 3.8) is 0 Å². The van der Waals surface area contributed by atoms with Crippen LogP contribution in [-0.4, -0.2) is 0 Å². The molecule has 0 saturated heterocycles. The molecule has 4 heteroatoms. The van der Waals surface area contributed by atoms with Gasteiger partial charge in [-0.2, -0.15) is 0 Å². The first-order chi connectivity index (χ1) is 1.41. The molecule has 19 valence electrons. The molecule has 3 nitrogen and oxygen atoms in total. The van der Waals surface area contributed by atoms with Gasteiger partial charge in [-0.25, -0.2) is 0 Å². The van der Waals surface area contributed by atoms with Crippen molar-refractivity contribution < 1.29 is 35.6 Å². The van der Waals surface area contributed by atoms with Gasteiger partial charge in [0.1, 0.15) is 0 Å². The summed E-state index contributed by atoms with van der Waals surface area (Å²) in [5.41, 5.74) is 13.5. The van der Waals surface area contributed by atoms with Crippen LogP contribution in [0.1, 0.15) is 0 Å². The first-order valence-electron chi connectivity index (χ1n) is 0.400. The quantitative estimate of drug-likeness (QED) is 0.302. The number of nitrogens with zero attached hydrogens (tertiary/aromatic N) is 3. The standard InChI is InChI=1S/La.N3/c;1-3-2/q;-1. The molecular weight excluding hydrogens is 181 g/mol. The summed E-state index contributed by atoms with van der Waals surface area (Å²) in [6.07, 6.45) is 0. The van der Waals surface area contributed by atoms with Crippen LogP contribution in [0.15, 0.2) is 0 Å². The zero-order chi connectivity index (χ0) is 2.71. The van der Waals surface area contributed by atoms with Crippen molar-refractivity contribution in [2.45, 2.75) is 0 Å². The van der Waals surface area contributed by atoms with Crippen molar-refractivity contribution in [2.24, 2.45) is 0 Å². The summed E-state index contributed by atoms with van der Waals surface area (Å²) in [5.74, 6) is 0. The van der Waals surface area contributed by atoms with E-state index in [-0.39, 0.29) is 35.6 Å². The molecule has 0 spiro atoms. The summed E-state index contributed by atoms with van der Waals surface area (Å²) in [6.45, 7) is 0. The van der Waals surface area contributed by atoms with Crippen molar-refractivity contribution in [1.29, 1.82) is 0 Å². The predicted octanol–water partition coefficient (Wildman–Crippen LogP) is 0.866. The monoisotopic (exact) mass is 181 g/mol. The first-order valence-corrected chi connectivity index (χ1v) is 0.400. The van der Waals surface area contributed by atoms with Crippen molar-refractivity contribution in [3.05, 3.63) is 16.0 Å². The van der Waals surface area contributed by atoms with Crippen LogP contribution < -0.4 is 0 Å². The molecule has 4 heavy (non-hydrogen) atoms. The van der Waals surface area contributed by atoms with Gasteiger partial charge in [0.15, 0.2) is 0 Å². The fourth-order valence-electron chi connectivity index (χ4n) is 0. The van der Waals surface area contributed by atoms with Crippen LogP contribution in [0.2, 0.25) is 0 Å². The number of rotatable bonds is 0. The molecule has 1 radical (unpaired) electrons. The van der Waals surface area contributed by atoms with Gasteiger partial charge in [0.2, 0.25) is 0 Å². The van der Waals surface area contributed by atoms with Gasteiger partial charge < -0.3 is 11.1 Å². The van der Waals surface area contributed by atoms with Crippen LogP contribution in [0.3, 0.4) is 0 Å². The summed E-state index contributed by atoms with van der Waals surface area (Å²) in [5, 5.41) is 0. The SMILES string of the molecule is [La].[N-]=[N+]=[N-]. The molecule has 0 aromatic carbocycles. The maximum absolute atomic E-state index is 6.75. The van der Waals surface area contributed by atoms with Crippen LogP contribution in [0.5, 0.6) is 0 Å². The Kier molecular flexibility index (Phi) is 21.4.